The fourth-order valence-electron chi connectivity index (χ4n) is 4.86. The van der Waals surface area contributed by atoms with Crippen molar-refractivity contribution < 1.29 is 4.79 Å². The highest BCUT2D eigenvalue weighted by Gasteiger charge is 2.21. The number of aromatic nitrogens is 3. The topological polar surface area (TPSA) is 73.8 Å². The Morgan fingerprint density at radius 3 is 2.37 bits per heavy atom. The first kappa shape index (κ1) is 28.6. The lowest BCUT2D eigenvalue weighted by atomic mass is 9.91. The second-order valence-corrected chi connectivity index (χ2v) is 9.81. The summed E-state index contributed by atoms with van der Waals surface area (Å²) in [5.74, 6) is 0.417. The number of hydrogen-bond acceptors (Lipinski definition) is 4. The number of hydrogen-bond donors (Lipinski definition) is 1. The van der Waals surface area contributed by atoms with Crippen LogP contribution >= 0.6 is 0 Å². The molecular weight excluding hydrogens is 468 g/mol. The molecule has 1 atom stereocenters. The summed E-state index contributed by atoms with van der Waals surface area (Å²) in [6, 6.07) is 14.5. The van der Waals surface area contributed by atoms with Crippen molar-refractivity contribution in [3.8, 4) is 11.1 Å². The summed E-state index contributed by atoms with van der Waals surface area (Å²) < 4.78 is 2.17. The third-order valence-electron chi connectivity index (χ3n) is 6.52. The van der Waals surface area contributed by atoms with E-state index in [9.17, 15) is 4.79 Å². The Morgan fingerprint density at radius 2 is 1.79 bits per heavy atom. The van der Waals surface area contributed by atoms with Crippen LogP contribution in [0.3, 0.4) is 0 Å². The highest BCUT2D eigenvalue weighted by Crippen LogP contribution is 2.37. The Bertz CT molecular complexity index is 1460. The molecule has 0 saturated carbocycles. The van der Waals surface area contributed by atoms with E-state index in [4.69, 9.17) is 10.7 Å². The molecule has 1 aromatic carbocycles. The second kappa shape index (κ2) is 12.5. The lowest BCUT2D eigenvalue weighted by molar-refractivity contribution is -0.111. The summed E-state index contributed by atoms with van der Waals surface area (Å²) in [5, 5.41) is 0.978. The van der Waals surface area contributed by atoms with Gasteiger partial charge in [0, 0.05) is 46.4 Å². The second-order valence-electron chi connectivity index (χ2n) is 9.81. The number of fused-ring (bicyclic) bond motifs is 1. The minimum Gasteiger partial charge on any atom is -0.402 e. The van der Waals surface area contributed by atoms with Gasteiger partial charge >= 0.3 is 0 Å². The van der Waals surface area contributed by atoms with Crippen molar-refractivity contribution in [1.29, 1.82) is 0 Å². The van der Waals surface area contributed by atoms with Gasteiger partial charge in [0.05, 0.1) is 11.7 Å². The quantitative estimate of drug-likeness (QED) is 0.246. The van der Waals surface area contributed by atoms with E-state index in [1.54, 1.807) is 20.0 Å². The van der Waals surface area contributed by atoms with Crippen LogP contribution in [0.2, 0.25) is 0 Å². The Labute approximate surface area is 227 Å². The van der Waals surface area contributed by atoms with E-state index in [1.807, 2.05) is 50.4 Å². The van der Waals surface area contributed by atoms with Gasteiger partial charge in [-0.3, -0.25) is 9.78 Å². The smallest absolute Gasteiger partial charge is 0.162 e. The van der Waals surface area contributed by atoms with Crippen LogP contribution in [0.5, 0.6) is 0 Å². The number of allylic oxidation sites excluding steroid dienone is 2. The van der Waals surface area contributed by atoms with Crippen molar-refractivity contribution in [3.05, 3.63) is 95.7 Å². The van der Waals surface area contributed by atoms with Gasteiger partial charge in [0.2, 0.25) is 0 Å². The molecule has 4 rings (SSSR count). The lowest BCUT2D eigenvalue weighted by Gasteiger charge is -2.14. The van der Waals surface area contributed by atoms with Crippen molar-refractivity contribution in [2.45, 2.75) is 60.9 Å². The maximum absolute atomic E-state index is 12.4. The molecule has 5 nitrogen and oxygen atoms in total. The Morgan fingerprint density at radius 1 is 1.05 bits per heavy atom. The normalized spacial score (nSPS) is 12.5. The highest BCUT2D eigenvalue weighted by molar-refractivity contribution is 6.20. The fourth-order valence-corrected chi connectivity index (χ4v) is 4.86. The van der Waals surface area contributed by atoms with Crippen molar-refractivity contribution >= 4 is 28.5 Å². The van der Waals surface area contributed by atoms with Crippen molar-refractivity contribution in [2.24, 2.45) is 11.7 Å². The molecule has 4 aromatic rings. The first-order valence-corrected chi connectivity index (χ1v) is 13.4. The van der Waals surface area contributed by atoms with Crippen molar-refractivity contribution in [3.63, 3.8) is 0 Å². The number of carbonyl (C=O) groups is 1. The van der Waals surface area contributed by atoms with E-state index in [-0.39, 0.29) is 11.8 Å². The van der Waals surface area contributed by atoms with Crippen LogP contribution in [0.25, 0.3) is 33.8 Å². The molecule has 0 radical (unpaired) electrons. The molecule has 0 amide bonds. The van der Waals surface area contributed by atoms with Gasteiger partial charge in [-0.1, -0.05) is 64.6 Å². The highest BCUT2D eigenvalue weighted by atomic mass is 16.1. The van der Waals surface area contributed by atoms with Crippen LogP contribution < -0.4 is 5.73 Å². The number of Topliss-reactive ketones (excluding diaryl/α,β-unsaturated/α-hetero) is 1. The van der Waals surface area contributed by atoms with Crippen LogP contribution in [0, 0.1) is 5.92 Å². The van der Waals surface area contributed by atoms with E-state index in [2.05, 4.69) is 61.3 Å². The molecule has 0 fully saturated rings. The predicted molar refractivity (Wildman–Crippen MR) is 161 cm³/mol. The van der Waals surface area contributed by atoms with Crippen LogP contribution in [-0.2, 0) is 11.2 Å². The van der Waals surface area contributed by atoms with Crippen molar-refractivity contribution in [2.75, 3.05) is 0 Å². The summed E-state index contributed by atoms with van der Waals surface area (Å²) in [6.07, 6.45) is 8.55. The Hall–Kier alpha value is -3.99. The average molecular weight is 509 g/mol. The third-order valence-corrected chi connectivity index (χ3v) is 6.52. The number of benzene rings is 1. The molecule has 0 aliphatic rings. The fraction of sp³-hybridized carbons (Fsp3) is 0.303. The molecule has 0 aliphatic carbocycles. The predicted octanol–water partition coefficient (Wildman–Crippen LogP) is 7.85. The monoisotopic (exact) mass is 508 g/mol. The van der Waals surface area contributed by atoms with E-state index >= 15 is 0 Å². The molecule has 38 heavy (non-hydrogen) atoms. The van der Waals surface area contributed by atoms with Crippen molar-refractivity contribution in [1.82, 2.24) is 14.5 Å². The van der Waals surface area contributed by atoms with E-state index in [0.29, 0.717) is 17.2 Å². The van der Waals surface area contributed by atoms with Gasteiger partial charge < -0.3 is 10.3 Å². The first-order chi connectivity index (χ1) is 18.2. The molecule has 0 bridgehead atoms. The molecule has 5 heteroatoms. The molecule has 2 N–H and O–H groups in total. The van der Waals surface area contributed by atoms with Crippen LogP contribution in [-0.4, -0.2) is 20.3 Å². The molecule has 0 aliphatic heterocycles. The SMILES string of the molecule is C=Cc1ccc(-c2cn(C(C)c3ccccn3)c3ncc(/C(C(C)=O)=C(\C)N)cc23)c(CC(C)C)c1.CC. The van der Waals surface area contributed by atoms with E-state index in [0.717, 1.165) is 45.4 Å². The molecule has 3 heterocycles. The van der Waals surface area contributed by atoms with E-state index < -0.39 is 0 Å². The Kier molecular flexibility index (Phi) is 9.40. The van der Waals surface area contributed by atoms with Gasteiger partial charge in [-0.15, -0.1) is 0 Å². The maximum Gasteiger partial charge on any atom is 0.162 e. The minimum atomic E-state index is -0.0742. The van der Waals surface area contributed by atoms with Crippen LogP contribution in [0.1, 0.15) is 76.9 Å². The van der Waals surface area contributed by atoms with Crippen LogP contribution in [0.15, 0.2) is 73.3 Å². The molecule has 198 valence electrons. The summed E-state index contributed by atoms with van der Waals surface area (Å²) in [4.78, 5) is 21.9. The first-order valence-electron chi connectivity index (χ1n) is 13.4. The zero-order valence-electron chi connectivity index (χ0n) is 23.7. The lowest BCUT2D eigenvalue weighted by Crippen LogP contribution is -2.08. The third kappa shape index (κ3) is 5.94. The number of ketones is 1. The minimum absolute atomic E-state index is 0.0270. The standard InChI is InChI=1S/C31H34N4O.C2H6/c1-7-23-11-12-26(24(15-23)14-19(2)3)28-18-35(21(5)29-10-8-9-13-33-29)31-27(28)16-25(17-34-31)30(20(4)32)22(6)36;1-2/h7-13,15-19,21H,1,14,32H2,2-6H3;1-2H3/b30-20+;. The van der Waals surface area contributed by atoms with Gasteiger partial charge in [0.1, 0.15) is 5.65 Å². The van der Waals surface area contributed by atoms with Gasteiger partial charge in [-0.05, 0) is 68.0 Å². The van der Waals surface area contributed by atoms with Gasteiger partial charge in [-0.2, -0.15) is 0 Å². The molecular formula is C33H40N4O. The molecule has 3 aromatic heterocycles. The zero-order valence-corrected chi connectivity index (χ0v) is 23.7. The molecule has 0 spiro atoms. The molecule has 1 unspecified atom stereocenters. The number of pyridine rings is 2. The number of rotatable bonds is 8. The summed E-state index contributed by atoms with van der Waals surface area (Å²) in [5.41, 5.74) is 14.2. The summed E-state index contributed by atoms with van der Waals surface area (Å²) >= 11 is 0. The number of nitrogens with zero attached hydrogens (tertiary/aromatic N) is 3. The molecule has 0 saturated heterocycles. The van der Waals surface area contributed by atoms with E-state index in [1.165, 1.54) is 5.56 Å². The number of carbonyl (C=O) groups excluding carboxylic acids is 1. The number of nitrogens with two attached hydrogens (primary N) is 1. The summed E-state index contributed by atoms with van der Waals surface area (Å²) in [6.45, 7) is 17.8. The maximum atomic E-state index is 12.4. The Balaban J connectivity index is 0.00000195. The van der Waals surface area contributed by atoms with Gasteiger partial charge in [-0.25, -0.2) is 4.98 Å². The van der Waals surface area contributed by atoms with Crippen LogP contribution in [0.4, 0.5) is 0 Å². The largest absolute Gasteiger partial charge is 0.402 e. The van der Waals surface area contributed by atoms with Gasteiger partial charge in [0.15, 0.2) is 5.78 Å². The zero-order chi connectivity index (χ0) is 28.0. The van der Waals surface area contributed by atoms with Gasteiger partial charge in [0.25, 0.3) is 0 Å². The average Bonchev–Trinajstić information content (AvgIpc) is 3.27. The summed E-state index contributed by atoms with van der Waals surface area (Å²) in [7, 11) is 0.